The first-order valence-corrected chi connectivity index (χ1v) is 9.69. The van der Waals surface area contributed by atoms with Crippen LogP contribution in [0.3, 0.4) is 0 Å². The molecule has 7 nitrogen and oxygen atoms in total. The molecule has 1 saturated heterocycles. The molecule has 8 heteroatoms. The van der Waals surface area contributed by atoms with Gasteiger partial charge in [0.15, 0.2) is 11.5 Å². The number of thiazole rings is 1. The molecule has 0 spiro atoms. The van der Waals surface area contributed by atoms with Crippen LogP contribution in [0.2, 0.25) is 0 Å². The molecule has 136 valence electrons. The summed E-state index contributed by atoms with van der Waals surface area (Å²) in [6.45, 7) is 5.98. The Kier molecular flexibility index (Phi) is 4.46. The average molecular weight is 370 g/mol. The van der Waals surface area contributed by atoms with E-state index in [1.165, 1.54) is 0 Å². The lowest BCUT2D eigenvalue weighted by atomic mass is 9.99. The van der Waals surface area contributed by atoms with Crippen LogP contribution in [-0.4, -0.2) is 38.7 Å². The lowest BCUT2D eigenvalue weighted by Gasteiger charge is -2.20. The first-order valence-electron chi connectivity index (χ1n) is 8.81. The Bertz CT molecular complexity index is 970. The highest BCUT2D eigenvalue weighted by Gasteiger charge is 2.22. The molecular weight excluding hydrogens is 348 g/mol. The Hall–Kier alpha value is -2.32. The molecule has 4 rings (SSSR count). The van der Waals surface area contributed by atoms with Crippen molar-refractivity contribution in [2.75, 3.05) is 18.4 Å². The molecule has 1 aliphatic rings. The minimum absolute atomic E-state index is 0.221. The molecule has 26 heavy (non-hydrogen) atoms. The smallest absolute Gasteiger partial charge is 0.276 e. The van der Waals surface area contributed by atoms with Crippen LogP contribution >= 0.6 is 11.3 Å². The number of hydrogen-bond donors (Lipinski definition) is 2. The van der Waals surface area contributed by atoms with E-state index in [0.717, 1.165) is 53.2 Å². The molecule has 0 radical (unpaired) electrons. The Morgan fingerprint density at radius 1 is 1.31 bits per heavy atom. The van der Waals surface area contributed by atoms with Gasteiger partial charge in [0.1, 0.15) is 5.69 Å². The summed E-state index contributed by atoms with van der Waals surface area (Å²) in [5.74, 6) is 0.767. The van der Waals surface area contributed by atoms with E-state index in [9.17, 15) is 4.79 Å². The van der Waals surface area contributed by atoms with Gasteiger partial charge in [-0.3, -0.25) is 4.79 Å². The highest BCUT2D eigenvalue weighted by atomic mass is 32.1. The van der Waals surface area contributed by atoms with Crippen molar-refractivity contribution in [1.29, 1.82) is 0 Å². The van der Waals surface area contributed by atoms with Crippen LogP contribution in [0.4, 0.5) is 5.82 Å². The first kappa shape index (κ1) is 17.1. The summed E-state index contributed by atoms with van der Waals surface area (Å²) in [5, 5.41) is 14.5. The third-order valence-corrected chi connectivity index (χ3v) is 5.80. The zero-order valence-corrected chi connectivity index (χ0v) is 16.0. The van der Waals surface area contributed by atoms with Gasteiger partial charge in [0.05, 0.1) is 10.4 Å². The molecule has 1 amide bonds. The maximum absolute atomic E-state index is 12.7. The number of carbonyl (C=O) groups excluding carboxylic acids is 1. The molecule has 0 aliphatic carbocycles. The van der Waals surface area contributed by atoms with Crippen molar-refractivity contribution in [3.05, 3.63) is 33.4 Å². The van der Waals surface area contributed by atoms with Crippen LogP contribution in [0.25, 0.3) is 11.0 Å². The van der Waals surface area contributed by atoms with Gasteiger partial charge in [0.25, 0.3) is 5.91 Å². The summed E-state index contributed by atoms with van der Waals surface area (Å²) in [5.41, 5.74) is 3.21. The number of fused-ring (bicyclic) bond motifs is 1. The summed E-state index contributed by atoms with van der Waals surface area (Å²) in [4.78, 5) is 21.8. The second-order valence-corrected chi connectivity index (χ2v) is 7.69. The maximum Gasteiger partial charge on any atom is 0.276 e. The van der Waals surface area contributed by atoms with Crippen LogP contribution in [0.5, 0.6) is 0 Å². The second kappa shape index (κ2) is 6.77. The van der Waals surface area contributed by atoms with Gasteiger partial charge in [0.2, 0.25) is 0 Å². The minimum Gasteiger partial charge on any atom is -0.317 e. The SMILES string of the molecule is Cc1cc(C)c2c(NC(=O)c3csc(C4CCNCC4)n3)nn(C)c2n1. The van der Waals surface area contributed by atoms with E-state index >= 15 is 0 Å². The molecule has 0 aromatic carbocycles. The van der Waals surface area contributed by atoms with E-state index in [4.69, 9.17) is 0 Å². The van der Waals surface area contributed by atoms with E-state index in [2.05, 4.69) is 25.7 Å². The molecule has 1 aliphatic heterocycles. The lowest BCUT2D eigenvalue weighted by molar-refractivity contribution is 0.102. The van der Waals surface area contributed by atoms with Gasteiger partial charge in [-0.2, -0.15) is 5.10 Å². The predicted molar refractivity (Wildman–Crippen MR) is 103 cm³/mol. The normalized spacial score (nSPS) is 15.5. The van der Waals surface area contributed by atoms with Crippen molar-refractivity contribution in [2.45, 2.75) is 32.6 Å². The number of pyridine rings is 1. The van der Waals surface area contributed by atoms with Gasteiger partial charge in [-0.25, -0.2) is 14.6 Å². The molecule has 0 bridgehead atoms. The molecule has 0 atom stereocenters. The van der Waals surface area contributed by atoms with E-state index in [1.54, 1.807) is 16.0 Å². The largest absolute Gasteiger partial charge is 0.317 e. The average Bonchev–Trinajstić information content (AvgIpc) is 3.22. The van der Waals surface area contributed by atoms with Crippen molar-refractivity contribution in [1.82, 2.24) is 25.1 Å². The lowest BCUT2D eigenvalue weighted by Crippen LogP contribution is -2.26. The second-order valence-electron chi connectivity index (χ2n) is 6.80. The summed E-state index contributed by atoms with van der Waals surface area (Å²) in [6.07, 6.45) is 2.15. The third kappa shape index (κ3) is 3.10. The number of carbonyl (C=O) groups is 1. The Labute approximate surface area is 155 Å². The van der Waals surface area contributed by atoms with Crippen LogP contribution in [-0.2, 0) is 7.05 Å². The maximum atomic E-state index is 12.7. The number of aromatic nitrogens is 4. The number of hydrogen-bond acceptors (Lipinski definition) is 6. The van der Waals surface area contributed by atoms with Gasteiger partial charge < -0.3 is 10.6 Å². The number of anilines is 1. The summed E-state index contributed by atoms with van der Waals surface area (Å²) in [7, 11) is 1.84. The highest BCUT2D eigenvalue weighted by molar-refractivity contribution is 7.10. The topological polar surface area (TPSA) is 84.7 Å². The van der Waals surface area contributed by atoms with Crippen molar-refractivity contribution in [3.8, 4) is 0 Å². The molecule has 0 unspecified atom stereocenters. The molecule has 3 aromatic rings. The van der Waals surface area contributed by atoms with Gasteiger partial charge in [-0.1, -0.05) is 0 Å². The highest BCUT2D eigenvalue weighted by Crippen LogP contribution is 2.29. The van der Waals surface area contributed by atoms with Gasteiger partial charge in [-0.05, 0) is 51.4 Å². The Morgan fingerprint density at radius 3 is 2.85 bits per heavy atom. The number of amides is 1. The van der Waals surface area contributed by atoms with Crippen LogP contribution in [0.1, 0.15) is 45.5 Å². The van der Waals surface area contributed by atoms with Crippen LogP contribution in [0.15, 0.2) is 11.4 Å². The summed E-state index contributed by atoms with van der Waals surface area (Å²) >= 11 is 1.57. The fourth-order valence-corrected chi connectivity index (χ4v) is 4.47. The number of piperidine rings is 1. The van der Waals surface area contributed by atoms with Gasteiger partial charge >= 0.3 is 0 Å². The van der Waals surface area contributed by atoms with Crippen LogP contribution in [0, 0.1) is 13.8 Å². The zero-order valence-electron chi connectivity index (χ0n) is 15.2. The molecule has 0 saturated carbocycles. The predicted octanol–water partition coefficient (Wildman–Crippen LogP) is 2.76. The molecule has 1 fully saturated rings. The minimum atomic E-state index is -0.221. The summed E-state index contributed by atoms with van der Waals surface area (Å²) in [6, 6.07) is 2.00. The number of aryl methyl sites for hydroxylation is 3. The Balaban J connectivity index is 1.59. The first-order chi connectivity index (χ1) is 12.5. The molecule has 2 N–H and O–H groups in total. The standard InChI is InChI=1S/C18H22N6OS/c1-10-8-11(2)20-16-14(10)15(23-24(16)3)22-17(25)13-9-26-18(21-13)12-4-6-19-7-5-12/h8-9,12,19H,4-7H2,1-3H3,(H,22,23,25). The molecule has 3 aromatic heterocycles. The monoisotopic (exact) mass is 370 g/mol. The van der Waals surface area contributed by atoms with E-state index < -0.39 is 0 Å². The van der Waals surface area contributed by atoms with E-state index in [0.29, 0.717) is 17.4 Å². The number of nitrogens with zero attached hydrogens (tertiary/aromatic N) is 4. The molecular formula is C18H22N6OS. The third-order valence-electron chi connectivity index (χ3n) is 4.79. The van der Waals surface area contributed by atoms with Crippen molar-refractivity contribution in [3.63, 3.8) is 0 Å². The van der Waals surface area contributed by atoms with Crippen molar-refractivity contribution in [2.24, 2.45) is 7.05 Å². The quantitative estimate of drug-likeness (QED) is 0.740. The van der Waals surface area contributed by atoms with E-state index in [-0.39, 0.29) is 5.91 Å². The van der Waals surface area contributed by atoms with Crippen molar-refractivity contribution < 1.29 is 4.79 Å². The Morgan fingerprint density at radius 2 is 2.08 bits per heavy atom. The fourth-order valence-electron chi connectivity index (χ4n) is 3.50. The van der Waals surface area contributed by atoms with Crippen molar-refractivity contribution >= 4 is 34.1 Å². The number of rotatable bonds is 3. The molecule has 4 heterocycles. The van der Waals surface area contributed by atoms with E-state index in [1.807, 2.05) is 32.3 Å². The van der Waals surface area contributed by atoms with Gasteiger partial charge in [0, 0.05) is 24.0 Å². The van der Waals surface area contributed by atoms with Crippen LogP contribution < -0.4 is 10.6 Å². The fraction of sp³-hybridized carbons (Fsp3) is 0.444. The zero-order chi connectivity index (χ0) is 18.3. The summed E-state index contributed by atoms with van der Waals surface area (Å²) < 4.78 is 1.70. The number of nitrogens with one attached hydrogen (secondary N) is 2. The van der Waals surface area contributed by atoms with Gasteiger partial charge in [-0.15, -0.1) is 11.3 Å².